The number of amides is 1. The average molecular weight is 455 g/mol. The zero-order valence-corrected chi connectivity index (χ0v) is 20.2. The highest BCUT2D eigenvalue weighted by atomic mass is 16.4. The van der Waals surface area contributed by atoms with Crippen LogP contribution in [0.1, 0.15) is 36.8 Å². The largest absolute Gasteiger partial charge is 0.435 e. The Labute approximate surface area is 200 Å². The van der Waals surface area contributed by atoms with Gasteiger partial charge in [0.05, 0.1) is 5.69 Å². The average Bonchev–Trinajstić information content (AvgIpc) is 3.28. The van der Waals surface area contributed by atoms with E-state index in [0.717, 1.165) is 22.5 Å². The first-order valence-electron chi connectivity index (χ1n) is 11.2. The van der Waals surface area contributed by atoms with Gasteiger partial charge in [-0.15, -0.1) is 0 Å². The second kappa shape index (κ2) is 9.43. The van der Waals surface area contributed by atoms with Crippen molar-refractivity contribution in [3.8, 4) is 22.8 Å². The minimum Gasteiger partial charge on any atom is -0.435 e. The lowest BCUT2D eigenvalue weighted by Crippen LogP contribution is -2.30. The van der Waals surface area contributed by atoms with Crippen molar-refractivity contribution in [2.45, 2.75) is 26.2 Å². The van der Waals surface area contributed by atoms with E-state index in [9.17, 15) is 4.79 Å². The number of carbonyl (C=O) groups is 1. The summed E-state index contributed by atoms with van der Waals surface area (Å²) in [6.07, 6.45) is 0. The fourth-order valence-corrected chi connectivity index (χ4v) is 3.53. The molecule has 34 heavy (non-hydrogen) atoms. The maximum Gasteiger partial charge on any atom is 0.292 e. The van der Waals surface area contributed by atoms with Crippen LogP contribution in [0, 0.1) is 0 Å². The van der Waals surface area contributed by atoms with Crippen LogP contribution in [0.5, 0.6) is 0 Å². The van der Waals surface area contributed by atoms with E-state index in [4.69, 9.17) is 4.42 Å². The zero-order valence-electron chi connectivity index (χ0n) is 20.2. The second-order valence-electron chi connectivity index (χ2n) is 9.41. The van der Waals surface area contributed by atoms with E-state index in [-0.39, 0.29) is 17.0 Å². The summed E-state index contributed by atoms with van der Waals surface area (Å²) in [5, 5.41) is 0. The molecule has 0 unspecified atom stereocenters. The third kappa shape index (κ3) is 5.12. The minimum atomic E-state index is -0.378. The molecule has 1 heterocycles. The number of hydrogen-bond donors (Lipinski definition) is 2. The second-order valence-corrected chi connectivity index (χ2v) is 9.41. The molecule has 0 radical (unpaired) electrons. The SMILES string of the molecule is CN(C)c1ccc(-c2oc(-c3ccc(C(C)(C)C)cc3)nc2C(=O)NNc2ccccc2)cc1. The Morgan fingerprint density at radius 1 is 0.853 bits per heavy atom. The molecule has 1 amide bonds. The lowest BCUT2D eigenvalue weighted by atomic mass is 9.87. The van der Waals surface area contributed by atoms with Crippen LogP contribution in [0.25, 0.3) is 22.8 Å². The summed E-state index contributed by atoms with van der Waals surface area (Å²) in [6.45, 7) is 6.51. The molecule has 4 rings (SSSR count). The molecule has 4 aromatic rings. The molecule has 0 atom stereocenters. The molecule has 0 spiro atoms. The summed E-state index contributed by atoms with van der Waals surface area (Å²) in [6, 6.07) is 25.4. The topological polar surface area (TPSA) is 70.4 Å². The van der Waals surface area contributed by atoms with Gasteiger partial charge in [-0.25, -0.2) is 4.98 Å². The number of hydrogen-bond acceptors (Lipinski definition) is 5. The molecule has 174 valence electrons. The van der Waals surface area contributed by atoms with Gasteiger partial charge < -0.3 is 9.32 Å². The van der Waals surface area contributed by atoms with Gasteiger partial charge in [-0.2, -0.15) is 0 Å². The molecule has 3 aromatic carbocycles. The molecule has 1 aromatic heterocycles. The lowest BCUT2D eigenvalue weighted by Gasteiger charge is -2.18. The van der Waals surface area contributed by atoms with Crippen molar-refractivity contribution in [1.29, 1.82) is 0 Å². The van der Waals surface area contributed by atoms with Gasteiger partial charge in [-0.3, -0.25) is 15.6 Å². The van der Waals surface area contributed by atoms with Gasteiger partial charge in [0.15, 0.2) is 11.5 Å². The van der Waals surface area contributed by atoms with Gasteiger partial charge in [-0.05, 0) is 59.5 Å². The van der Waals surface area contributed by atoms with E-state index in [0.29, 0.717) is 11.7 Å². The first-order valence-corrected chi connectivity index (χ1v) is 11.2. The Bertz CT molecular complexity index is 1250. The van der Waals surface area contributed by atoms with E-state index in [1.807, 2.05) is 85.7 Å². The number of nitrogens with zero attached hydrogens (tertiary/aromatic N) is 2. The van der Waals surface area contributed by atoms with Crippen molar-refractivity contribution in [1.82, 2.24) is 10.4 Å². The molecule has 0 aliphatic rings. The van der Waals surface area contributed by atoms with Crippen LogP contribution in [0.15, 0.2) is 83.3 Å². The number of aromatic nitrogens is 1. The number of hydrazine groups is 1. The summed E-state index contributed by atoms with van der Waals surface area (Å²) >= 11 is 0. The summed E-state index contributed by atoms with van der Waals surface area (Å²) in [5.74, 6) is 0.446. The molecule has 0 fully saturated rings. The molecule has 0 aliphatic heterocycles. The van der Waals surface area contributed by atoms with Gasteiger partial charge in [-0.1, -0.05) is 51.1 Å². The van der Waals surface area contributed by atoms with Crippen LogP contribution in [-0.2, 0) is 5.41 Å². The molecule has 0 saturated heterocycles. The van der Waals surface area contributed by atoms with Crippen molar-refractivity contribution in [3.63, 3.8) is 0 Å². The summed E-state index contributed by atoms with van der Waals surface area (Å²) in [7, 11) is 3.97. The molecule has 0 aliphatic carbocycles. The monoisotopic (exact) mass is 454 g/mol. The molecule has 6 nitrogen and oxygen atoms in total. The Kier molecular flexibility index (Phi) is 6.41. The van der Waals surface area contributed by atoms with Crippen LogP contribution in [0.2, 0.25) is 0 Å². The Morgan fingerprint density at radius 3 is 2.06 bits per heavy atom. The number of rotatable bonds is 6. The number of benzene rings is 3. The quantitative estimate of drug-likeness (QED) is 0.343. The molecular formula is C28H30N4O2. The first-order chi connectivity index (χ1) is 16.2. The molecular weight excluding hydrogens is 424 g/mol. The normalized spacial score (nSPS) is 11.2. The van der Waals surface area contributed by atoms with Crippen molar-refractivity contribution in [2.24, 2.45) is 0 Å². The highest BCUT2D eigenvalue weighted by Crippen LogP contribution is 2.32. The van der Waals surface area contributed by atoms with E-state index < -0.39 is 0 Å². The van der Waals surface area contributed by atoms with Crippen molar-refractivity contribution in [3.05, 3.63) is 90.1 Å². The Hall–Kier alpha value is -4.06. The van der Waals surface area contributed by atoms with Crippen molar-refractivity contribution < 1.29 is 9.21 Å². The summed E-state index contributed by atoms with van der Waals surface area (Å²) < 4.78 is 6.17. The molecule has 2 N–H and O–H groups in total. The zero-order chi connectivity index (χ0) is 24.3. The van der Waals surface area contributed by atoms with E-state index in [2.05, 4.69) is 48.7 Å². The predicted octanol–water partition coefficient (Wildman–Crippen LogP) is 6.13. The summed E-state index contributed by atoms with van der Waals surface area (Å²) in [5.41, 5.74) is 10.6. The van der Waals surface area contributed by atoms with E-state index >= 15 is 0 Å². The maximum absolute atomic E-state index is 13.1. The van der Waals surface area contributed by atoms with Crippen LogP contribution >= 0.6 is 0 Å². The third-order valence-corrected chi connectivity index (χ3v) is 5.58. The van der Waals surface area contributed by atoms with Crippen LogP contribution in [0.4, 0.5) is 11.4 Å². The minimum absolute atomic E-state index is 0.0443. The highest BCUT2D eigenvalue weighted by Gasteiger charge is 2.23. The van der Waals surface area contributed by atoms with Crippen LogP contribution in [0.3, 0.4) is 0 Å². The van der Waals surface area contributed by atoms with Crippen LogP contribution < -0.4 is 15.8 Å². The highest BCUT2D eigenvalue weighted by molar-refractivity contribution is 5.99. The van der Waals surface area contributed by atoms with Gasteiger partial charge in [0.25, 0.3) is 5.91 Å². The van der Waals surface area contributed by atoms with Gasteiger partial charge >= 0.3 is 0 Å². The number of oxazole rings is 1. The van der Waals surface area contributed by atoms with E-state index in [1.54, 1.807) is 0 Å². The number of anilines is 2. The summed E-state index contributed by atoms with van der Waals surface area (Å²) in [4.78, 5) is 19.7. The first kappa shape index (κ1) is 23.1. The smallest absolute Gasteiger partial charge is 0.292 e. The number of carbonyl (C=O) groups excluding carboxylic acids is 1. The fraction of sp³-hybridized carbons (Fsp3) is 0.214. The van der Waals surface area contributed by atoms with Crippen molar-refractivity contribution >= 4 is 17.3 Å². The number of nitrogens with one attached hydrogen (secondary N) is 2. The maximum atomic E-state index is 13.1. The predicted molar refractivity (Wildman–Crippen MR) is 138 cm³/mol. The molecule has 0 bridgehead atoms. The molecule has 6 heteroatoms. The Morgan fingerprint density at radius 2 is 1.47 bits per heavy atom. The fourth-order valence-electron chi connectivity index (χ4n) is 3.53. The number of para-hydroxylation sites is 1. The van der Waals surface area contributed by atoms with Crippen molar-refractivity contribution in [2.75, 3.05) is 24.4 Å². The lowest BCUT2D eigenvalue weighted by molar-refractivity contribution is 0.0958. The third-order valence-electron chi connectivity index (χ3n) is 5.58. The van der Waals surface area contributed by atoms with Crippen LogP contribution in [-0.4, -0.2) is 25.0 Å². The standard InChI is InChI=1S/C28H30N4O2/c1-28(2,3)21-15-11-20(12-16-21)27-29-24(26(33)31-30-22-9-7-6-8-10-22)25(34-27)19-13-17-23(18-14-19)32(4)5/h6-18,30H,1-5H3,(H,31,33). The Balaban J connectivity index is 1.69. The van der Waals surface area contributed by atoms with Gasteiger partial charge in [0, 0.05) is 30.9 Å². The van der Waals surface area contributed by atoms with Gasteiger partial charge in [0.1, 0.15) is 0 Å². The van der Waals surface area contributed by atoms with E-state index in [1.165, 1.54) is 5.56 Å². The molecule has 0 saturated carbocycles. The van der Waals surface area contributed by atoms with Gasteiger partial charge in [0.2, 0.25) is 5.89 Å².